The van der Waals surface area contributed by atoms with Gasteiger partial charge < -0.3 is 5.11 Å². The highest BCUT2D eigenvalue weighted by Crippen LogP contribution is 2.23. The van der Waals surface area contributed by atoms with Crippen molar-refractivity contribution < 1.29 is 5.11 Å². The lowest BCUT2D eigenvalue weighted by Crippen LogP contribution is -2.14. The lowest BCUT2D eigenvalue weighted by atomic mass is 10.4. The van der Waals surface area contributed by atoms with Gasteiger partial charge in [-0.15, -0.1) is 11.8 Å². The highest BCUT2D eigenvalue weighted by Gasteiger charge is 2.08. The summed E-state index contributed by atoms with van der Waals surface area (Å²) in [6, 6.07) is 7.75. The molecule has 0 amide bonds. The van der Waals surface area contributed by atoms with Crippen LogP contribution in [0.5, 0.6) is 0 Å². The third kappa shape index (κ3) is 6.61. The number of aliphatic hydroxyl groups excluding tert-OH is 1. The topological polar surface area (TPSA) is 20.2 Å². The van der Waals surface area contributed by atoms with Crippen molar-refractivity contribution in [1.82, 2.24) is 0 Å². The fourth-order valence-corrected chi connectivity index (χ4v) is 3.39. The number of aliphatic hydroxyl groups is 1. The molecule has 0 spiro atoms. The largest absolute Gasteiger partial charge is 0.391 e. The Labute approximate surface area is 117 Å². The predicted molar refractivity (Wildman–Crippen MR) is 80.4 cm³/mol. The standard InChI is InChI=1S/C13H19ClOS2/c1-3-10(2)16-8-12(15)9-17-13-6-4-5-11(14)7-13/h4-7,10,12,15H,3,8-9H2,1-2H3. The van der Waals surface area contributed by atoms with Crippen molar-refractivity contribution in [2.75, 3.05) is 11.5 Å². The van der Waals surface area contributed by atoms with Gasteiger partial charge in [-0.1, -0.05) is 31.5 Å². The number of hydrogen-bond acceptors (Lipinski definition) is 3. The highest BCUT2D eigenvalue weighted by atomic mass is 35.5. The second kappa shape index (κ2) is 8.30. The molecule has 0 heterocycles. The molecule has 0 aliphatic carbocycles. The van der Waals surface area contributed by atoms with Crippen LogP contribution in [0.2, 0.25) is 5.02 Å². The maximum Gasteiger partial charge on any atom is 0.0724 e. The Morgan fingerprint density at radius 2 is 2.12 bits per heavy atom. The molecule has 4 heteroatoms. The van der Waals surface area contributed by atoms with Crippen LogP contribution in [-0.4, -0.2) is 28.0 Å². The normalized spacial score (nSPS) is 14.6. The third-order valence-corrected chi connectivity index (χ3v) is 5.24. The van der Waals surface area contributed by atoms with Crippen molar-refractivity contribution in [3.05, 3.63) is 29.3 Å². The van der Waals surface area contributed by atoms with E-state index in [-0.39, 0.29) is 6.10 Å². The summed E-state index contributed by atoms with van der Waals surface area (Å²) in [5.74, 6) is 1.53. The van der Waals surface area contributed by atoms with E-state index in [9.17, 15) is 5.11 Å². The molecule has 1 aromatic carbocycles. The van der Waals surface area contributed by atoms with Crippen LogP contribution in [0, 0.1) is 0 Å². The van der Waals surface area contributed by atoms with Crippen LogP contribution in [0.3, 0.4) is 0 Å². The van der Waals surface area contributed by atoms with Gasteiger partial charge in [0.05, 0.1) is 6.10 Å². The van der Waals surface area contributed by atoms with Crippen LogP contribution in [0.1, 0.15) is 20.3 Å². The Kier molecular flexibility index (Phi) is 7.44. The zero-order valence-corrected chi connectivity index (χ0v) is 12.6. The Bertz CT molecular complexity index is 333. The Morgan fingerprint density at radius 3 is 2.76 bits per heavy atom. The van der Waals surface area contributed by atoms with E-state index in [1.807, 2.05) is 36.0 Å². The van der Waals surface area contributed by atoms with E-state index >= 15 is 0 Å². The van der Waals surface area contributed by atoms with E-state index in [1.165, 1.54) is 0 Å². The third-order valence-electron chi connectivity index (χ3n) is 2.39. The molecule has 0 saturated carbocycles. The van der Waals surface area contributed by atoms with Gasteiger partial charge in [-0.2, -0.15) is 11.8 Å². The summed E-state index contributed by atoms with van der Waals surface area (Å²) >= 11 is 9.39. The average molecular weight is 291 g/mol. The summed E-state index contributed by atoms with van der Waals surface area (Å²) in [5, 5.41) is 11.2. The number of benzene rings is 1. The molecule has 0 aromatic heterocycles. The Morgan fingerprint density at radius 1 is 1.35 bits per heavy atom. The SMILES string of the molecule is CCC(C)SCC(O)CSc1cccc(Cl)c1. The fourth-order valence-electron chi connectivity index (χ4n) is 1.19. The van der Waals surface area contributed by atoms with Gasteiger partial charge in [-0.05, 0) is 24.6 Å². The van der Waals surface area contributed by atoms with Crippen LogP contribution in [-0.2, 0) is 0 Å². The molecule has 2 unspecified atom stereocenters. The lowest BCUT2D eigenvalue weighted by Gasteiger charge is -2.13. The van der Waals surface area contributed by atoms with Crippen LogP contribution < -0.4 is 0 Å². The molecule has 1 N–H and O–H groups in total. The zero-order valence-electron chi connectivity index (χ0n) is 10.2. The Hall–Kier alpha value is 0.170. The van der Waals surface area contributed by atoms with E-state index in [2.05, 4.69) is 13.8 Å². The predicted octanol–water partition coefficient (Wildman–Crippen LogP) is 4.32. The minimum absolute atomic E-state index is 0.252. The van der Waals surface area contributed by atoms with E-state index in [0.29, 0.717) is 5.25 Å². The maximum atomic E-state index is 9.85. The summed E-state index contributed by atoms with van der Waals surface area (Å²) in [6.45, 7) is 4.37. The maximum absolute atomic E-state index is 9.85. The lowest BCUT2D eigenvalue weighted by molar-refractivity contribution is 0.225. The number of hydrogen-bond donors (Lipinski definition) is 1. The zero-order chi connectivity index (χ0) is 12.7. The smallest absolute Gasteiger partial charge is 0.0724 e. The number of halogens is 1. The van der Waals surface area contributed by atoms with Crippen molar-refractivity contribution in [1.29, 1.82) is 0 Å². The van der Waals surface area contributed by atoms with Crippen LogP contribution in [0.15, 0.2) is 29.2 Å². The first-order valence-corrected chi connectivity index (χ1v) is 8.21. The van der Waals surface area contributed by atoms with E-state index < -0.39 is 0 Å². The molecule has 1 rings (SSSR count). The second-order valence-corrected chi connectivity index (χ2v) is 6.98. The van der Waals surface area contributed by atoms with Gasteiger partial charge in [0.15, 0.2) is 0 Å². The van der Waals surface area contributed by atoms with Crippen molar-refractivity contribution in [2.24, 2.45) is 0 Å². The molecule has 0 radical (unpaired) electrons. The van der Waals surface area contributed by atoms with Gasteiger partial charge in [-0.25, -0.2) is 0 Å². The molecule has 1 aromatic rings. The molecular formula is C13H19ClOS2. The van der Waals surface area contributed by atoms with Crippen molar-refractivity contribution >= 4 is 35.1 Å². The molecule has 17 heavy (non-hydrogen) atoms. The molecule has 0 fully saturated rings. The van der Waals surface area contributed by atoms with Gasteiger partial charge in [0, 0.05) is 26.7 Å². The van der Waals surface area contributed by atoms with Gasteiger partial charge in [-0.3, -0.25) is 0 Å². The van der Waals surface area contributed by atoms with Crippen molar-refractivity contribution in [2.45, 2.75) is 36.5 Å². The summed E-state index contributed by atoms with van der Waals surface area (Å²) in [7, 11) is 0. The van der Waals surface area contributed by atoms with E-state index in [0.717, 1.165) is 27.8 Å². The summed E-state index contributed by atoms with van der Waals surface area (Å²) < 4.78 is 0. The monoisotopic (exact) mass is 290 g/mol. The minimum atomic E-state index is -0.252. The van der Waals surface area contributed by atoms with Crippen molar-refractivity contribution in [3.63, 3.8) is 0 Å². The number of rotatable bonds is 7. The van der Waals surface area contributed by atoms with Crippen LogP contribution >= 0.6 is 35.1 Å². The molecule has 0 bridgehead atoms. The fraction of sp³-hybridized carbons (Fsp3) is 0.538. The van der Waals surface area contributed by atoms with Gasteiger partial charge in [0.25, 0.3) is 0 Å². The summed E-state index contributed by atoms with van der Waals surface area (Å²) in [6.07, 6.45) is 0.900. The van der Waals surface area contributed by atoms with E-state index in [4.69, 9.17) is 11.6 Å². The Balaban J connectivity index is 2.26. The van der Waals surface area contributed by atoms with Crippen LogP contribution in [0.25, 0.3) is 0 Å². The van der Waals surface area contributed by atoms with Gasteiger partial charge in [0.1, 0.15) is 0 Å². The quantitative estimate of drug-likeness (QED) is 0.755. The summed E-state index contributed by atoms with van der Waals surface area (Å²) in [4.78, 5) is 1.12. The van der Waals surface area contributed by atoms with E-state index in [1.54, 1.807) is 11.8 Å². The molecule has 0 aliphatic rings. The molecule has 2 atom stereocenters. The molecule has 1 nitrogen and oxygen atoms in total. The van der Waals surface area contributed by atoms with Crippen LogP contribution in [0.4, 0.5) is 0 Å². The van der Waals surface area contributed by atoms with Gasteiger partial charge in [0.2, 0.25) is 0 Å². The first-order valence-electron chi connectivity index (χ1n) is 5.79. The minimum Gasteiger partial charge on any atom is -0.391 e. The average Bonchev–Trinajstić information content (AvgIpc) is 2.33. The highest BCUT2D eigenvalue weighted by molar-refractivity contribution is 8.00. The molecule has 0 saturated heterocycles. The molecular weight excluding hydrogens is 272 g/mol. The number of thioether (sulfide) groups is 2. The molecule has 0 aliphatic heterocycles. The first kappa shape index (κ1) is 15.2. The summed E-state index contributed by atoms with van der Waals surface area (Å²) in [5.41, 5.74) is 0. The molecule has 96 valence electrons. The van der Waals surface area contributed by atoms with Gasteiger partial charge >= 0.3 is 0 Å². The van der Waals surface area contributed by atoms with Crippen molar-refractivity contribution in [3.8, 4) is 0 Å². The second-order valence-electron chi connectivity index (χ2n) is 3.97. The first-order chi connectivity index (χ1) is 8.11.